The first kappa shape index (κ1) is 12.2. The van der Waals surface area contributed by atoms with Crippen LogP contribution in [-0.2, 0) is 6.42 Å². The molecule has 0 aromatic heterocycles. The van der Waals surface area contributed by atoms with Crippen LogP contribution in [0.25, 0.3) is 0 Å². The summed E-state index contributed by atoms with van der Waals surface area (Å²) in [7, 11) is 0. The quantitative estimate of drug-likeness (QED) is 0.537. The molecule has 0 atom stereocenters. The summed E-state index contributed by atoms with van der Waals surface area (Å²) in [6, 6.07) is 18.3. The Morgan fingerprint density at radius 3 is 2.33 bits per heavy atom. The van der Waals surface area contributed by atoms with Gasteiger partial charge in [-0.1, -0.05) is 60.4 Å². The lowest BCUT2D eigenvalue weighted by atomic mass is 10.0. The zero-order valence-electron chi connectivity index (χ0n) is 10.6. The van der Waals surface area contributed by atoms with E-state index in [0.29, 0.717) is 0 Å². The number of rotatable bonds is 2. The Bertz CT molecular complexity index is 595. The van der Waals surface area contributed by atoms with Crippen molar-refractivity contribution in [3.63, 3.8) is 0 Å². The molecule has 18 heavy (non-hydrogen) atoms. The third-order valence-corrected chi connectivity index (χ3v) is 2.62. The van der Waals surface area contributed by atoms with E-state index in [-0.39, 0.29) is 0 Å². The third-order valence-electron chi connectivity index (χ3n) is 2.62. The second kappa shape index (κ2) is 5.89. The fourth-order valence-electron chi connectivity index (χ4n) is 1.78. The van der Waals surface area contributed by atoms with Crippen LogP contribution in [0.1, 0.15) is 23.6 Å². The van der Waals surface area contributed by atoms with Crippen molar-refractivity contribution in [1.29, 1.82) is 0 Å². The number of hydrogen-bond acceptors (Lipinski definition) is 0. The van der Waals surface area contributed by atoms with E-state index in [1.807, 2.05) is 49.4 Å². The summed E-state index contributed by atoms with van der Waals surface area (Å²) in [6.07, 6.45) is 0.889. The molecule has 88 valence electrons. The van der Waals surface area contributed by atoms with Crippen molar-refractivity contribution in [1.82, 2.24) is 0 Å². The van der Waals surface area contributed by atoms with E-state index < -0.39 is 0 Å². The van der Waals surface area contributed by atoms with E-state index in [9.17, 15) is 0 Å². The van der Waals surface area contributed by atoms with Crippen molar-refractivity contribution < 1.29 is 0 Å². The summed E-state index contributed by atoms with van der Waals surface area (Å²) < 4.78 is 0. The van der Waals surface area contributed by atoms with E-state index in [4.69, 9.17) is 0 Å². The van der Waals surface area contributed by atoms with Crippen LogP contribution in [-0.4, -0.2) is 0 Å². The molecule has 0 heterocycles. The summed E-state index contributed by atoms with van der Waals surface area (Å²) in [5, 5.41) is 0. The Morgan fingerprint density at radius 2 is 1.61 bits per heavy atom. The molecule has 0 saturated carbocycles. The van der Waals surface area contributed by atoms with Gasteiger partial charge in [-0.2, -0.15) is 0 Å². The predicted octanol–water partition coefficient (Wildman–Crippen LogP) is 4.21. The van der Waals surface area contributed by atoms with Gasteiger partial charge in [0, 0.05) is 11.1 Å². The molecule has 0 bridgehead atoms. The Kier molecular flexibility index (Phi) is 3.99. The summed E-state index contributed by atoms with van der Waals surface area (Å²) in [6.45, 7) is 6.00. The van der Waals surface area contributed by atoms with Crippen molar-refractivity contribution in [2.24, 2.45) is 0 Å². The largest absolute Gasteiger partial charge is 0.0998 e. The van der Waals surface area contributed by atoms with Gasteiger partial charge in [-0.15, -0.1) is 0 Å². The first-order valence-electron chi connectivity index (χ1n) is 6.05. The summed E-state index contributed by atoms with van der Waals surface area (Å²) in [5.74, 6) is 6.44. The van der Waals surface area contributed by atoms with Crippen molar-refractivity contribution >= 4 is 0 Å². The van der Waals surface area contributed by atoms with Gasteiger partial charge in [0.05, 0.1) is 0 Å². The van der Waals surface area contributed by atoms with Crippen LogP contribution in [0.5, 0.6) is 0 Å². The Morgan fingerprint density at radius 1 is 0.944 bits per heavy atom. The summed E-state index contributed by atoms with van der Waals surface area (Å²) in [5.41, 5.74) is 4.53. The molecule has 0 fully saturated rings. The van der Waals surface area contributed by atoms with E-state index in [1.165, 1.54) is 5.56 Å². The van der Waals surface area contributed by atoms with Crippen LogP contribution < -0.4 is 0 Å². The van der Waals surface area contributed by atoms with Gasteiger partial charge >= 0.3 is 0 Å². The molecule has 0 spiro atoms. The lowest BCUT2D eigenvalue weighted by Crippen LogP contribution is -1.90. The van der Waals surface area contributed by atoms with Gasteiger partial charge in [-0.3, -0.25) is 0 Å². The van der Waals surface area contributed by atoms with Gasteiger partial charge in [-0.05, 0) is 37.1 Å². The molecule has 0 aliphatic rings. The summed E-state index contributed by atoms with van der Waals surface area (Å²) >= 11 is 0. The maximum absolute atomic E-state index is 3.96. The first-order chi connectivity index (χ1) is 8.75. The average molecular weight is 232 g/mol. The van der Waals surface area contributed by atoms with Gasteiger partial charge in [-0.25, -0.2) is 0 Å². The smallest absolute Gasteiger partial charge is 0.0284 e. The lowest BCUT2D eigenvalue weighted by molar-refractivity contribution is 1.15. The monoisotopic (exact) mass is 232 g/mol. The van der Waals surface area contributed by atoms with Crippen molar-refractivity contribution in [3.8, 4) is 11.8 Å². The van der Waals surface area contributed by atoms with E-state index in [0.717, 1.165) is 23.1 Å². The molecule has 0 amide bonds. The molecule has 2 rings (SSSR count). The van der Waals surface area contributed by atoms with Gasteiger partial charge in [0.2, 0.25) is 0 Å². The first-order valence-corrected chi connectivity index (χ1v) is 6.05. The minimum atomic E-state index is 0.889. The van der Waals surface area contributed by atoms with Crippen molar-refractivity contribution in [2.75, 3.05) is 0 Å². The number of benzene rings is 2. The maximum Gasteiger partial charge on any atom is 0.0284 e. The SMILES string of the molecule is C=C(C)Cc1ccccc1C#Cc1ccccc1. The number of hydrogen-bond donors (Lipinski definition) is 0. The van der Waals surface area contributed by atoms with Crippen LogP contribution in [0.15, 0.2) is 66.7 Å². The van der Waals surface area contributed by atoms with Crippen LogP contribution in [0.2, 0.25) is 0 Å². The molecule has 2 aromatic rings. The maximum atomic E-state index is 3.96. The highest BCUT2D eigenvalue weighted by Gasteiger charge is 1.98. The molecule has 0 N–H and O–H groups in total. The molecule has 0 unspecified atom stereocenters. The minimum absolute atomic E-state index is 0.889. The summed E-state index contributed by atoms with van der Waals surface area (Å²) in [4.78, 5) is 0. The van der Waals surface area contributed by atoms with Crippen molar-refractivity contribution in [2.45, 2.75) is 13.3 Å². The van der Waals surface area contributed by atoms with Crippen molar-refractivity contribution in [3.05, 3.63) is 83.4 Å². The zero-order valence-corrected chi connectivity index (χ0v) is 10.6. The highest BCUT2D eigenvalue weighted by atomic mass is 14.0. The molecule has 2 aromatic carbocycles. The van der Waals surface area contributed by atoms with Crippen LogP contribution in [0.3, 0.4) is 0 Å². The van der Waals surface area contributed by atoms with Crippen LogP contribution >= 0.6 is 0 Å². The van der Waals surface area contributed by atoms with Crippen LogP contribution in [0, 0.1) is 11.8 Å². The molecule has 0 heteroatoms. The van der Waals surface area contributed by atoms with Gasteiger partial charge in [0.25, 0.3) is 0 Å². The van der Waals surface area contributed by atoms with E-state index in [2.05, 4.69) is 30.6 Å². The zero-order chi connectivity index (χ0) is 12.8. The van der Waals surface area contributed by atoms with Crippen LogP contribution in [0.4, 0.5) is 0 Å². The Hall–Kier alpha value is -2.26. The normalized spacial score (nSPS) is 9.39. The van der Waals surface area contributed by atoms with Gasteiger partial charge < -0.3 is 0 Å². The third kappa shape index (κ3) is 3.37. The molecule has 0 aliphatic carbocycles. The molecular formula is C18H16. The molecule has 0 nitrogen and oxygen atoms in total. The van der Waals surface area contributed by atoms with Gasteiger partial charge in [0.1, 0.15) is 0 Å². The Labute approximate surface area is 109 Å². The molecule has 0 saturated heterocycles. The van der Waals surface area contributed by atoms with Gasteiger partial charge in [0.15, 0.2) is 0 Å². The Balaban J connectivity index is 2.30. The molecule has 0 aliphatic heterocycles. The highest BCUT2D eigenvalue weighted by Crippen LogP contribution is 2.12. The minimum Gasteiger partial charge on any atom is -0.0998 e. The standard InChI is InChI=1S/C18H16/c1-15(2)14-18-11-7-6-10-17(18)13-12-16-8-4-3-5-9-16/h3-11H,1,14H2,2H3. The number of allylic oxidation sites excluding steroid dienone is 1. The molecular weight excluding hydrogens is 216 g/mol. The van der Waals surface area contributed by atoms with E-state index in [1.54, 1.807) is 0 Å². The fraction of sp³-hybridized carbons (Fsp3) is 0.111. The topological polar surface area (TPSA) is 0 Å². The highest BCUT2D eigenvalue weighted by molar-refractivity contribution is 5.47. The average Bonchev–Trinajstić information content (AvgIpc) is 2.38. The van der Waals surface area contributed by atoms with E-state index >= 15 is 0 Å². The molecule has 0 radical (unpaired) electrons. The second-order valence-corrected chi connectivity index (χ2v) is 4.41. The lowest BCUT2D eigenvalue weighted by Gasteiger charge is -2.03. The predicted molar refractivity (Wildman–Crippen MR) is 77.4 cm³/mol. The fourth-order valence-corrected chi connectivity index (χ4v) is 1.78. The second-order valence-electron chi connectivity index (χ2n) is 4.41.